The maximum absolute atomic E-state index is 13.6. The number of halogens is 5. The first-order chi connectivity index (χ1) is 19.7. The maximum atomic E-state index is 13.6. The summed E-state index contributed by atoms with van der Waals surface area (Å²) >= 11 is 6.23. The van der Waals surface area contributed by atoms with Crippen molar-refractivity contribution in [2.24, 2.45) is 5.41 Å². The monoisotopic (exact) mass is 637 g/mol. The molecule has 3 N–H and O–H groups in total. The third-order valence-corrected chi connectivity index (χ3v) is 7.04. The highest BCUT2D eigenvalue weighted by molar-refractivity contribution is 6.31. The van der Waals surface area contributed by atoms with Crippen molar-refractivity contribution in [2.75, 3.05) is 42.8 Å². The van der Waals surface area contributed by atoms with Crippen molar-refractivity contribution in [1.82, 2.24) is 9.97 Å². The molecule has 8 nitrogen and oxygen atoms in total. The van der Waals surface area contributed by atoms with Crippen molar-refractivity contribution in [1.29, 1.82) is 0 Å². The van der Waals surface area contributed by atoms with E-state index in [0.717, 1.165) is 12.1 Å². The van der Waals surface area contributed by atoms with Crippen LogP contribution in [-0.2, 0) is 10.9 Å². The minimum atomic E-state index is -4.72. The second-order valence-electron chi connectivity index (χ2n) is 10.8. The Kier molecular flexibility index (Phi) is 10.4. The van der Waals surface area contributed by atoms with E-state index in [-0.39, 0.29) is 29.1 Å². The van der Waals surface area contributed by atoms with E-state index in [9.17, 15) is 22.8 Å². The number of imidazole rings is 1. The number of aromatic nitrogens is 2. The molecule has 4 rings (SSSR count). The van der Waals surface area contributed by atoms with E-state index in [1.54, 1.807) is 32.2 Å². The number of anilines is 3. The summed E-state index contributed by atoms with van der Waals surface area (Å²) in [4.78, 5) is 36.3. The van der Waals surface area contributed by atoms with Gasteiger partial charge in [-0.2, -0.15) is 13.2 Å². The van der Waals surface area contributed by atoms with Crippen molar-refractivity contribution >= 4 is 64.2 Å². The number of nitrogens with one attached hydrogen (secondary N) is 3. The summed E-state index contributed by atoms with van der Waals surface area (Å²) in [7, 11) is 3.46. The van der Waals surface area contributed by atoms with Crippen molar-refractivity contribution in [3.05, 3.63) is 81.9 Å². The molecule has 0 spiro atoms. The number of nitrogens with zero attached hydrogens (tertiary/aromatic N) is 2. The first kappa shape index (κ1) is 33.7. The Balaban J connectivity index is 0.00000506. The van der Waals surface area contributed by atoms with Gasteiger partial charge in [0.25, 0.3) is 11.8 Å². The highest BCUT2D eigenvalue weighted by atomic mass is 35.5. The number of aromatic amines is 1. The molecule has 0 aliphatic rings. The van der Waals surface area contributed by atoms with Gasteiger partial charge in [-0.1, -0.05) is 43.6 Å². The highest BCUT2D eigenvalue weighted by Gasteiger charge is 2.35. The van der Waals surface area contributed by atoms with Gasteiger partial charge in [0.2, 0.25) is 5.95 Å². The molecule has 0 aliphatic heterocycles. The highest BCUT2D eigenvalue weighted by Crippen LogP contribution is 2.33. The molecule has 0 bridgehead atoms. The van der Waals surface area contributed by atoms with Gasteiger partial charge >= 0.3 is 6.18 Å². The number of alkyl halides is 3. The van der Waals surface area contributed by atoms with Gasteiger partial charge in [0, 0.05) is 42.5 Å². The molecule has 0 saturated carbocycles. The molecule has 0 radical (unpaired) electrons. The van der Waals surface area contributed by atoms with E-state index in [0.29, 0.717) is 46.4 Å². The normalized spacial score (nSPS) is 11.7. The van der Waals surface area contributed by atoms with E-state index in [1.165, 1.54) is 24.3 Å². The average molecular weight is 639 g/mol. The third kappa shape index (κ3) is 7.78. The summed E-state index contributed by atoms with van der Waals surface area (Å²) in [5.41, 5.74) is 0.205. The molecule has 2 amide bonds. The maximum Gasteiger partial charge on any atom is 0.417 e. The molecule has 0 aliphatic carbocycles. The van der Waals surface area contributed by atoms with Gasteiger partial charge in [-0.15, -0.1) is 12.4 Å². The van der Waals surface area contributed by atoms with Crippen molar-refractivity contribution in [3.63, 3.8) is 0 Å². The fraction of sp³-hybridized carbons (Fsp3) is 0.300. The molecule has 1 heterocycles. The average Bonchev–Trinajstić information content (AvgIpc) is 3.34. The minimum Gasteiger partial charge on any atom is -0.384 e. The number of H-pyrrole nitrogens is 1. The second kappa shape index (κ2) is 13.2. The number of methoxy groups -OCH3 is 1. The van der Waals surface area contributed by atoms with Crippen LogP contribution in [0, 0.1) is 12.3 Å². The number of hydrogen-bond acceptors (Lipinski definition) is 5. The second-order valence-corrected chi connectivity index (χ2v) is 11.2. The Morgan fingerprint density at radius 3 is 2.37 bits per heavy atom. The molecule has 0 fully saturated rings. The topological polar surface area (TPSA) is 99.3 Å². The summed E-state index contributed by atoms with van der Waals surface area (Å²) in [6.07, 6.45) is -4.72. The number of carbonyl (C=O) groups excluding carboxylic acids is 2. The zero-order valence-electron chi connectivity index (χ0n) is 24.1. The lowest BCUT2D eigenvalue weighted by Crippen LogP contribution is -2.35. The van der Waals surface area contributed by atoms with E-state index in [4.69, 9.17) is 16.3 Å². The van der Waals surface area contributed by atoms with Crippen LogP contribution in [0.5, 0.6) is 0 Å². The Bertz CT molecular complexity index is 1640. The lowest BCUT2D eigenvalue weighted by molar-refractivity contribution is -0.137. The summed E-state index contributed by atoms with van der Waals surface area (Å²) in [6, 6.07) is 12.5. The molecule has 43 heavy (non-hydrogen) atoms. The SMILES string of the molecule is COCC(C)(C)CN(C)c1nc2c(C(=O)Nc3cccc(Cl)c3C)cc(NC(=O)c3ccccc3C(F)(F)F)cc2[nH]1.Cl. The van der Waals surface area contributed by atoms with E-state index in [2.05, 4.69) is 20.6 Å². The largest absolute Gasteiger partial charge is 0.417 e. The predicted octanol–water partition coefficient (Wildman–Crippen LogP) is 7.58. The van der Waals surface area contributed by atoms with Crippen molar-refractivity contribution in [3.8, 4) is 0 Å². The molecule has 4 aromatic rings. The lowest BCUT2D eigenvalue weighted by atomic mass is 9.94. The molecule has 230 valence electrons. The standard InChI is InChI=1S/C30H31ClF3N5O3.ClH/c1-17-22(31)11-8-12-23(17)36-27(41)20-13-18(35-26(40)19-9-6-7-10-21(19)30(32,33)34)14-24-25(20)38-28(37-24)39(4)15-29(2,3)16-42-5;/h6-14H,15-16H2,1-5H3,(H,35,40)(H,36,41)(H,37,38);1H. The Labute approximate surface area is 258 Å². The van der Waals surface area contributed by atoms with Gasteiger partial charge in [0.05, 0.1) is 28.8 Å². The van der Waals surface area contributed by atoms with Crippen molar-refractivity contribution < 1.29 is 27.5 Å². The summed E-state index contributed by atoms with van der Waals surface area (Å²) in [5.74, 6) is -1.07. The van der Waals surface area contributed by atoms with Crippen LogP contribution in [-0.4, -0.2) is 49.1 Å². The number of benzene rings is 3. The fourth-order valence-corrected chi connectivity index (χ4v) is 4.92. The number of carbonyl (C=O) groups is 2. The van der Waals surface area contributed by atoms with Gasteiger partial charge in [0.1, 0.15) is 5.52 Å². The van der Waals surface area contributed by atoms with Gasteiger partial charge in [-0.3, -0.25) is 9.59 Å². The first-order valence-corrected chi connectivity index (χ1v) is 13.4. The van der Waals surface area contributed by atoms with E-state index >= 15 is 0 Å². The number of fused-ring (bicyclic) bond motifs is 1. The lowest BCUT2D eigenvalue weighted by Gasteiger charge is -2.29. The van der Waals surface area contributed by atoms with Crippen LogP contribution < -0.4 is 15.5 Å². The number of amides is 2. The van der Waals surface area contributed by atoms with Crippen LogP contribution in [0.25, 0.3) is 11.0 Å². The Hall–Kier alpha value is -3.80. The van der Waals surface area contributed by atoms with Crippen LogP contribution in [0.2, 0.25) is 5.02 Å². The zero-order valence-corrected chi connectivity index (χ0v) is 25.7. The van der Waals surface area contributed by atoms with Gasteiger partial charge in [-0.25, -0.2) is 4.98 Å². The molecule has 1 aromatic heterocycles. The molecule has 0 atom stereocenters. The molecule has 0 saturated heterocycles. The first-order valence-electron chi connectivity index (χ1n) is 13.0. The number of hydrogen-bond donors (Lipinski definition) is 3. The number of rotatable bonds is 9. The molecule has 3 aromatic carbocycles. The van der Waals surface area contributed by atoms with Crippen LogP contribution in [0.3, 0.4) is 0 Å². The molecule has 0 unspecified atom stereocenters. The third-order valence-electron chi connectivity index (χ3n) is 6.63. The van der Waals surface area contributed by atoms with E-state index in [1.807, 2.05) is 25.8 Å². The predicted molar refractivity (Wildman–Crippen MR) is 166 cm³/mol. The van der Waals surface area contributed by atoms with Crippen LogP contribution >= 0.6 is 24.0 Å². The Morgan fingerprint density at radius 1 is 1.02 bits per heavy atom. The van der Waals surface area contributed by atoms with E-state index < -0.39 is 29.1 Å². The van der Waals surface area contributed by atoms with Crippen LogP contribution in [0.1, 0.15) is 45.7 Å². The van der Waals surface area contributed by atoms with Gasteiger partial charge in [-0.05, 0) is 48.9 Å². The van der Waals surface area contributed by atoms with Gasteiger partial charge in [0.15, 0.2) is 0 Å². The van der Waals surface area contributed by atoms with Crippen LogP contribution in [0.15, 0.2) is 54.6 Å². The summed E-state index contributed by atoms with van der Waals surface area (Å²) in [5, 5.41) is 5.81. The smallest absolute Gasteiger partial charge is 0.384 e. The minimum absolute atomic E-state index is 0. The Morgan fingerprint density at radius 2 is 1.70 bits per heavy atom. The molecular weight excluding hydrogens is 606 g/mol. The van der Waals surface area contributed by atoms with Crippen LogP contribution in [0.4, 0.5) is 30.5 Å². The molecule has 13 heteroatoms. The summed E-state index contributed by atoms with van der Waals surface area (Å²) in [6.45, 7) is 6.88. The fourth-order valence-electron chi connectivity index (χ4n) is 4.74. The van der Waals surface area contributed by atoms with Crippen molar-refractivity contribution in [2.45, 2.75) is 26.9 Å². The molecular formula is C30H32Cl2F3N5O3. The summed E-state index contributed by atoms with van der Waals surface area (Å²) < 4.78 is 46.0. The van der Waals surface area contributed by atoms with Gasteiger partial charge < -0.3 is 25.3 Å². The number of ether oxygens (including phenoxy) is 1. The quantitative estimate of drug-likeness (QED) is 0.176. The zero-order chi connectivity index (χ0) is 30.8.